The van der Waals surface area contributed by atoms with Gasteiger partial charge in [0, 0.05) is 18.7 Å². The lowest BCUT2D eigenvalue weighted by molar-refractivity contribution is -0.142. The van der Waals surface area contributed by atoms with Gasteiger partial charge in [0.2, 0.25) is 5.95 Å². The number of hydrogen-bond acceptors (Lipinski definition) is 9. The second kappa shape index (κ2) is 13.0. The number of aryl methyl sites for hydroxylation is 3. The molecule has 1 heterocycles. The number of phenols is 2. The van der Waals surface area contributed by atoms with Crippen molar-refractivity contribution in [3.63, 3.8) is 0 Å². The molecule has 38 heavy (non-hydrogen) atoms. The Balaban J connectivity index is 1.60. The number of benzene rings is 2. The van der Waals surface area contributed by atoms with Gasteiger partial charge in [-0.2, -0.15) is 0 Å². The van der Waals surface area contributed by atoms with Crippen LogP contribution >= 0.6 is 0 Å². The highest BCUT2D eigenvalue weighted by Crippen LogP contribution is 2.15. The Bertz CT molecular complexity index is 1290. The predicted molar refractivity (Wildman–Crippen MR) is 140 cm³/mol. The van der Waals surface area contributed by atoms with Gasteiger partial charge in [-0.15, -0.1) is 0 Å². The number of amides is 2. The zero-order valence-corrected chi connectivity index (χ0v) is 21.4. The van der Waals surface area contributed by atoms with Gasteiger partial charge in [-0.1, -0.05) is 18.2 Å². The van der Waals surface area contributed by atoms with Crippen LogP contribution in [0.15, 0.2) is 48.5 Å². The summed E-state index contributed by atoms with van der Waals surface area (Å²) < 4.78 is 4.78. The highest BCUT2D eigenvalue weighted by Gasteiger charge is 2.25. The van der Waals surface area contributed by atoms with Crippen molar-refractivity contribution in [2.45, 2.75) is 32.7 Å². The minimum absolute atomic E-state index is 0.0733. The molecular weight excluding hydrogens is 490 g/mol. The van der Waals surface area contributed by atoms with Crippen LogP contribution in [0.3, 0.4) is 0 Å². The number of carbonyl (C=O) groups excluding carboxylic acids is 3. The highest BCUT2D eigenvalue weighted by atomic mass is 16.5. The van der Waals surface area contributed by atoms with E-state index in [1.54, 1.807) is 32.0 Å². The maximum Gasteiger partial charge on any atom is 0.330 e. The van der Waals surface area contributed by atoms with Gasteiger partial charge in [-0.3, -0.25) is 9.59 Å². The van der Waals surface area contributed by atoms with E-state index in [1.807, 2.05) is 6.07 Å². The monoisotopic (exact) mass is 521 g/mol. The molecule has 0 spiro atoms. The molecule has 5 N–H and O–H groups in total. The number of rotatable bonds is 11. The molecule has 11 nitrogen and oxygen atoms in total. The average Bonchev–Trinajstić information content (AvgIpc) is 2.88. The Morgan fingerprint density at radius 1 is 0.947 bits per heavy atom. The third-order valence-electron chi connectivity index (χ3n) is 5.70. The lowest BCUT2D eigenvalue weighted by atomic mass is 10.1. The van der Waals surface area contributed by atoms with Gasteiger partial charge in [-0.25, -0.2) is 14.8 Å². The van der Waals surface area contributed by atoms with E-state index in [1.165, 1.54) is 31.4 Å². The number of nitrogens with one attached hydrogen (secondary N) is 3. The molecule has 2 amide bonds. The summed E-state index contributed by atoms with van der Waals surface area (Å²) >= 11 is 0. The Morgan fingerprint density at radius 2 is 1.61 bits per heavy atom. The van der Waals surface area contributed by atoms with Crippen molar-refractivity contribution < 1.29 is 29.3 Å². The van der Waals surface area contributed by atoms with E-state index in [2.05, 4.69) is 25.9 Å². The van der Waals surface area contributed by atoms with Crippen LogP contribution in [0.5, 0.6) is 11.5 Å². The van der Waals surface area contributed by atoms with E-state index in [0.717, 1.165) is 18.4 Å². The maximum atomic E-state index is 13.0. The Hall–Kier alpha value is -4.67. The van der Waals surface area contributed by atoms with E-state index in [4.69, 9.17) is 4.74 Å². The number of nitrogens with zero attached hydrogens (tertiary/aromatic N) is 2. The lowest BCUT2D eigenvalue weighted by Crippen LogP contribution is -2.49. The second-order valence-corrected chi connectivity index (χ2v) is 8.60. The molecule has 0 aliphatic heterocycles. The van der Waals surface area contributed by atoms with Gasteiger partial charge >= 0.3 is 5.97 Å². The first-order valence-electron chi connectivity index (χ1n) is 12.0. The minimum atomic E-state index is -1.16. The molecule has 0 saturated heterocycles. The standard InChI is InChI=1S/C27H31N5O6/c1-16-23(17(2)31-27(30-16)28-12-6-8-18-7-4-10-20(33)13-18)25(36)32-22(26(37)38-3)15-29-24(35)19-9-5-11-21(34)14-19/h4-5,7,9-11,13-14,22,33-34H,6,8,12,15H2,1-3H3,(H,29,35)(H,32,36)(H,28,30,31). The Kier molecular flexibility index (Phi) is 9.58. The molecule has 0 aliphatic rings. The fraction of sp³-hybridized carbons (Fsp3) is 0.296. The topological polar surface area (TPSA) is 163 Å². The first-order valence-corrected chi connectivity index (χ1v) is 12.0. The number of ether oxygens (including phenoxy) is 1. The zero-order valence-electron chi connectivity index (χ0n) is 21.4. The van der Waals surface area contributed by atoms with E-state index in [-0.39, 0.29) is 29.2 Å². The Morgan fingerprint density at radius 3 is 2.24 bits per heavy atom. The molecule has 0 radical (unpaired) electrons. The fourth-order valence-electron chi connectivity index (χ4n) is 3.84. The minimum Gasteiger partial charge on any atom is -0.508 e. The molecular formula is C27H31N5O6. The smallest absolute Gasteiger partial charge is 0.330 e. The molecule has 1 atom stereocenters. The number of aromatic hydroxyl groups is 2. The Labute approximate surface area is 220 Å². The van der Waals surface area contributed by atoms with E-state index in [0.29, 0.717) is 23.9 Å². The molecule has 1 unspecified atom stereocenters. The van der Waals surface area contributed by atoms with Crippen LogP contribution in [0.2, 0.25) is 0 Å². The van der Waals surface area contributed by atoms with E-state index < -0.39 is 23.8 Å². The van der Waals surface area contributed by atoms with Gasteiger partial charge in [0.25, 0.3) is 11.8 Å². The van der Waals surface area contributed by atoms with Crippen molar-refractivity contribution in [2.75, 3.05) is 25.5 Å². The zero-order chi connectivity index (χ0) is 27.7. The van der Waals surface area contributed by atoms with Crippen molar-refractivity contribution in [2.24, 2.45) is 0 Å². The first-order chi connectivity index (χ1) is 18.2. The van der Waals surface area contributed by atoms with Gasteiger partial charge in [0.1, 0.15) is 17.5 Å². The predicted octanol–water partition coefficient (Wildman–Crippen LogP) is 2.25. The molecule has 2 aromatic carbocycles. The van der Waals surface area contributed by atoms with Crippen molar-refractivity contribution in [3.8, 4) is 11.5 Å². The third kappa shape index (κ3) is 7.66. The van der Waals surface area contributed by atoms with Gasteiger partial charge in [0.05, 0.1) is 24.1 Å². The summed E-state index contributed by atoms with van der Waals surface area (Å²) in [4.78, 5) is 46.5. The molecule has 3 aromatic rings. The van der Waals surface area contributed by atoms with Crippen LogP contribution < -0.4 is 16.0 Å². The van der Waals surface area contributed by atoms with Gasteiger partial charge in [-0.05, 0) is 62.6 Å². The third-order valence-corrected chi connectivity index (χ3v) is 5.70. The van der Waals surface area contributed by atoms with E-state index >= 15 is 0 Å². The number of esters is 1. The summed E-state index contributed by atoms with van der Waals surface area (Å²) in [5.41, 5.74) is 2.26. The SMILES string of the molecule is COC(=O)C(CNC(=O)c1cccc(O)c1)NC(=O)c1c(C)nc(NCCCc2cccc(O)c2)nc1C. The summed E-state index contributed by atoms with van der Waals surface area (Å²) in [5.74, 6) is -1.33. The number of carbonyl (C=O) groups is 3. The molecule has 1 aromatic heterocycles. The second-order valence-electron chi connectivity index (χ2n) is 8.60. The van der Waals surface area contributed by atoms with Crippen molar-refractivity contribution in [1.82, 2.24) is 20.6 Å². The summed E-state index contributed by atoms with van der Waals surface area (Å²) in [5, 5.41) is 27.4. The molecule has 3 rings (SSSR count). The van der Waals surface area contributed by atoms with Gasteiger partial charge < -0.3 is 30.9 Å². The molecule has 200 valence electrons. The molecule has 0 fully saturated rings. The highest BCUT2D eigenvalue weighted by molar-refractivity contribution is 5.99. The summed E-state index contributed by atoms with van der Waals surface area (Å²) in [6, 6.07) is 11.7. The molecule has 11 heteroatoms. The van der Waals surface area contributed by atoms with Crippen LogP contribution in [-0.4, -0.2) is 64.2 Å². The number of phenolic OH excluding ortho intramolecular Hbond substituents is 2. The molecule has 0 bridgehead atoms. The van der Waals surface area contributed by atoms with Crippen LogP contribution in [-0.2, 0) is 16.0 Å². The van der Waals surface area contributed by atoms with Crippen LogP contribution in [0.1, 0.15) is 44.1 Å². The quantitative estimate of drug-likeness (QED) is 0.188. The van der Waals surface area contributed by atoms with Crippen molar-refractivity contribution in [1.29, 1.82) is 0 Å². The largest absolute Gasteiger partial charge is 0.508 e. The van der Waals surface area contributed by atoms with Crippen molar-refractivity contribution >= 4 is 23.7 Å². The molecule has 0 aliphatic carbocycles. The normalized spacial score (nSPS) is 11.3. The lowest BCUT2D eigenvalue weighted by Gasteiger charge is -2.19. The van der Waals surface area contributed by atoms with Crippen LogP contribution in [0.4, 0.5) is 5.95 Å². The summed E-state index contributed by atoms with van der Waals surface area (Å²) in [7, 11) is 1.18. The van der Waals surface area contributed by atoms with Crippen LogP contribution in [0.25, 0.3) is 0 Å². The fourth-order valence-corrected chi connectivity index (χ4v) is 3.84. The maximum absolute atomic E-state index is 13.0. The summed E-state index contributed by atoms with van der Waals surface area (Å²) in [6.45, 7) is 3.69. The number of methoxy groups -OCH3 is 1. The first kappa shape index (κ1) is 27.9. The van der Waals surface area contributed by atoms with Crippen molar-refractivity contribution in [3.05, 3.63) is 76.6 Å². The van der Waals surface area contributed by atoms with Gasteiger partial charge in [0.15, 0.2) is 0 Å². The number of aromatic nitrogens is 2. The summed E-state index contributed by atoms with van der Waals surface area (Å²) in [6.07, 6.45) is 1.54. The van der Waals surface area contributed by atoms with E-state index in [9.17, 15) is 24.6 Å². The average molecular weight is 522 g/mol. The number of hydrogen-bond donors (Lipinski definition) is 5. The molecule has 0 saturated carbocycles. The number of anilines is 1. The van der Waals surface area contributed by atoms with Crippen LogP contribution in [0, 0.1) is 13.8 Å².